The molecule has 0 spiro atoms. The Balaban J connectivity index is 1.68. The van der Waals surface area contributed by atoms with Gasteiger partial charge in [0.15, 0.2) is 5.13 Å². The maximum absolute atomic E-state index is 13.5. The zero-order chi connectivity index (χ0) is 16.2. The van der Waals surface area contributed by atoms with Crippen LogP contribution >= 0.6 is 27.3 Å². The van der Waals surface area contributed by atoms with Crippen molar-refractivity contribution < 1.29 is 9.18 Å². The van der Waals surface area contributed by atoms with Crippen molar-refractivity contribution in [2.24, 2.45) is 0 Å². The van der Waals surface area contributed by atoms with E-state index in [1.807, 2.05) is 29.6 Å². The van der Waals surface area contributed by atoms with Crippen LogP contribution in [-0.2, 0) is 0 Å². The molecule has 1 aromatic heterocycles. The summed E-state index contributed by atoms with van der Waals surface area (Å²) >= 11 is 4.68. The summed E-state index contributed by atoms with van der Waals surface area (Å²) in [6.45, 7) is 0. The SMILES string of the molecule is O=C(Nc1nc(-c2ccc(Br)cc2)cs1)Nc1ccccc1F. The first kappa shape index (κ1) is 15.6. The van der Waals surface area contributed by atoms with E-state index in [1.54, 1.807) is 12.1 Å². The first-order chi connectivity index (χ1) is 11.1. The number of hydrogen-bond donors (Lipinski definition) is 2. The van der Waals surface area contributed by atoms with Crippen molar-refractivity contribution in [2.45, 2.75) is 0 Å². The predicted octanol–water partition coefficient (Wildman–Crippen LogP) is 5.36. The molecule has 1 heterocycles. The second-order valence-corrected chi connectivity index (χ2v) is 6.38. The lowest BCUT2D eigenvalue weighted by Gasteiger charge is -2.05. The first-order valence-corrected chi connectivity index (χ1v) is 8.33. The van der Waals surface area contributed by atoms with Crippen molar-refractivity contribution in [1.29, 1.82) is 0 Å². The van der Waals surface area contributed by atoms with Gasteiger partial charge in [0, 0.05) is 15.4 Å². The van der Waals surface area contributed by atoms with Crippen LogP contribution in [-0.4, -0.2) is 11.0 Å². The quantitative estimate of drug-likeness (QED) is 0.631. The molecule has 0 aliphatic rings. The van der Waals surface area contributed by atoms with Crippen LogP contribution in [0.3, 0.4) is 0 Å². The average molecular weight is 392 g/mol. The fraction of sp³-hybridized carbons (Fsp3) is 0. The third-order valence-corrected chi connectivity index (χ3v) is 4.27. The molecular formula is C16H11BrFN3OS. The van der Waals surface area contributed by atoms with E-state index < -0.39 is 11.8 Å². The van der Waals surface area contributed by atoms with Crippen LogP contribution in [0.2, 0.25) is 0 Å². The number of thiazole rings is 1. The van der Waals surface area contributed by atoms with E-state index in [9.17, 15) is 9.18 Å². The normalized spacial score (nSPS) is 10.3. The molecule has 116 valence electrons. The number of halogens is 2. The van der Waals surface area contributed by atoms with Gasteiger partial charge in [-0.3, -0.25) is 5.32 Å². The molecule has 7 heteroatoms. The number of rotatable bonds is 3. The average Bonchev–Trinajstić information content (AvgIpc) is 2.98. The highest BCUT2D eigenvalue weighted by atomic mass is 79.9. The molecule has 3 aromatic rings. The maximum Gasteiger partial charge on any atom is 0.325 e. The molecule has 0 saturated heterocycles. The smallest absolute Gasteiger partial charge is 0.305 e. The summed E-state index contributed by atoms with van der Waals surface area (Å²) in [4.78, 5) is 16.2. The van der Waals surface area contributed by atoms with Crippen molar-refractivity contribution in [3.8, 4) is 11.3 Å². The molecule has 0 aliphatic carbocycles. The lowest BCUT2D eigenvalue weighted by molar-refractivity contribution is 0.262. The van der Waals surface area contributed by atoms with Crippen molar-refractivity contribution in [1.82, 2.24) is 4.98 Å². The first-order valence-electron chi connectivity index (χ1n) is 6.66. The number of carbonyl (C=O) groups excluding carboxylic acids is 1. The van der Waals surface area contributed by atoms with Gasteiger partial charge in [0.25, 0.3) is 0 Å². The fourth-order valence-corrected chi connectivity index (χ4v) is 2.88. The molecule has 0 radical (unpaired) electrons. The minimum atomic E-state index is -0.535. The molecule has 0 atom stereocenters. The van der Waals surface area contributed by atoms with Crippen LogP contribution in [0.5, 0.6) is 0 Å². The van der Waals surface area contributed by atoms with Gasteiger partial charge in [0.1, 0.15) is 5.82 Å². The van der Waals surface area contributed by atoms with Crippen LogP contribution < -0.4 is 10.6 Å². The van der Waals surface area contributed by atoms with Crippen molar-refractivity contribution in [3.63, 3.8) is 0 Å². The van der Waals surface area contributed by atoms with Gasteiger partial charge in [-0.05, 0) is 24.3 Å². The molecule has 0 aliphatic heterocycles. The summed E-state index contributed by atoms with van der Waals surface area (Å²) in [5, 5.41) is 7.34. The van der Waals surface area contributed by atoms with Crippen molar-refractivity contribution in [2.75, 3.05) is 10.6 Å². The third kappa shape index (κ3) is 3.94. The largest absolute Gasteiger partial charge is 0.325 e. The van der Waals surface area contributed by atoms with E-state index in [0.717, 1.165) is 15.7 Å². The third-order valence-electron chi connectivity index (χ3n) is 2.99. The van der Waals surface area contributed by atoms with Gasteiger partial charge in [-0.2, -0.15) is 0 Å². The highest BCUT2D eigenvalue weighted by Gasteiger charge is 2.10. The van der Waals surface area contributed by atoms with Crippen LogP contribution in [0.4, 0.5) is 20.0 Å². The van der Waals surface area contributed by atoms with Gasteiger partial charge < -0.3 is 5.32 Å². The Kier molecular flexibility index (Phi) is 4.68. The molecule has 0 unspecified atom stereocenters. The summed E-state index contributed by atoms with van der Waals surface area (Å²) in [5.41, 5.74) is 1.84. The van der Waals surface area contributed by atoms with Crippen LogP contribution in [0.25, 0.3) is 11.3 Å². The summed E-state index contributed by atoms with van der Waals surface area (Å²) < 4.78 is 14.5. The standard InChI is InChI=1S/C16H11BrFN3OS/c17-11-7-5-10(6-8-11)14-9-23-16(20-14)21-15(22)19-13-4-2-1-3-12(13)18/h1-9H,(H2,19,20,21,22). The molecule has 2 amide bonds. The lowest BCUT2D eigenvalue weighted by atomic mass is 10.2. The summed E-state index contributed by atoms with van der Waals surface area (Å²) in [5.74, 6) is -0.489. The zero-order valence-electron chi connectivity index (χ0n) is 11.7. The predicted molar refractivity (Wildman–Crippen MR) is 94.3 cm³/mol. The molecule has 2 aromatic carbocycles. The summed E-state index contributed by atoms with van der Waals surface area (Å²) in [6, 6.07) is 13.2. The van der Waals surface area contributed by atoms with E-state index in [-0.39, 0.29) is 5.69 Å². The van der Waals surface area contributed by atoms with E-state index >= 15 is 0 Å². The molecule has 0 saturated carbocycles. The highest BCUT2D eigenvalue weighted by molar-refractivity contribution is 9.10. The minimum absolute atomic E-state index is 0.120. The van der Waals surface area contributed by atoms with Crippen molar-refractivity contribution >= 4 is 44.1 Å². The molecule has 0 fully saturated rings. The molecule has 23 heavy (non-hydrogen) atoms. The number of carbonyl (C=O) groups is 1. The molecule has 0 bridgehead atoms. The fourth-order valence-electron chi connectivity index (χ4n) is 1.90. The molecule has 4 nitrogen and oxygen atoms in total. The second kappa shape index (κ2) is 6.89. The van der Waals surface area contributed by atoms with Gasteiger partial charge >= 0.3 is 6.03 Å². The second-order valence-electron chi connectivity index (χ2n) is 4.60. The topological polar surface area (TPSA) is 54.0 Å². The Morgan fingerprint density at radius 3 is 2.57 bits per heavy atom. The summed E-state index contributed by atoms with van der Waals surface area (Å²) in [6.07, 6.45) is 0. The Labute approximate surface area is 144 Å². The minimum Gasteiger partial charge on any atom is -0.305 e. The lowest BCUT2D eigenvalue weighted by Crippen LogP contribution is -2.19. The number of amides is 2. The zero-order valence-corrected chi connectivity index (χ0v) is 14.1. The number of urea groups is 1. The van der Waals surface area contributed by atoms with E-state index in [4.69, 9.17) is 0 Å². The number of nitrogens with one attached hydrogen (secondary N) is 2. The Hall–Kier alpha value is -2.25. The Bertz CT molecular complexity index is 835. The van der Waals surface area contributed by atoms with Gasteiger partial charge in [0.2, 0.25) is 0 Å². The summed E-state index contributed by atoms with van der Waals surface area (Å²) in [7, 11) is 0. The Morgan fingerprint density at radius 1 is 1.09 bits per heavy atom. The van der Waals surface area contributed by atoms with Gasteiger partial charge in [-0.1, -0.05) is 40.2 Å². The Morgan fingerprint density at radius 2 is 1.83 bits per heavy atom. The van der Waals surface area contributed by atoms with E-state index in [1.165, 1.54) is 23.5 Å². The number of nitrogens with zero attached hydrogens (tertiary/aromatic N) is 1. The van der Waals surface area contributed by atoms with Crippen molar-refractivity contribution in [3.05, 3.63) is 64.2 Å². The van der Waals surface area contributed by atoms with Gasteiger partial charge in [-0.15, -0.1) is 11.3 Å². The van der Waals surface area contributed by atoms with E-state index in [2.05, 4.69) is 31.5 Å². The molecular weight excluding hydrogens is 381 g/mol. The van der Waals surface area contributed by atoms with Gasteiger partial charge in [-0.25, -0.2) is 14.2 Å². The molecule has 3 rings (SSSR count). The monoisotopic (exact) mass is 391 g/mol. The number of anilines is 2. The molecule has 2 N–H and O–H groups in total. The highest BCUT2D eigenvalue weighted by Crippen LogP contribution is 2.26. The number of hydrogen-bond acceptors (Lipinski definition) is 3. The van der Waals surface area contributed by atoms with Crippen LogP contribution in [0.1, 0.15) is 0 Å². The van der Waals surface area contributed by atoms with E-state index in [0.29, 0.717) is 5.13 Å². The van der Waals surface area contributed by atoms with Crippen LogP contribution in [0.15, 0.2) is 58.4 Å². The number of benzene rings is 2. The number of aromatic nitrogens is 1. The maximum atomic E-state index is 13.5. The van der Waals surface area contributed by atoms with Gasteiger partial charge in [0.05, 0.1) is 11.4 Å². The number of para-hydroxylation sites is 1. The van der Waals surface area contributed by atoms with Crippen LogP contribution in [0, 0.1) is 5.82 Å².